The maximum atomic E-state index is 2.62. The molecule has 2 aliphatic carbocycles. The summed E-state index contributed by atoms with van der Waals surface area (Å²) in [5.74, 6) is 1.43. The van der Waals surface area contributed by atoms with Crippen LogP contribution in [-0.4, -0.2) is 3.21 Å². The molecule has 40 heavy (non-hydrogen) atoms. The SMILES string of the molecule is Cc1cc2c(cc1C(C)(C)C)-c1cc(C(C)(C)C)c(C)cc1[CH]2[Zr+2]([C]1=CC=CC1)=[C](CC(C)C)CC(C)C.[Cl-].[Cl-]. The van der Waals surface area contributed by atoms with Crippen LogP contribution >= 0.6 is 0 Å². The van der Waals surface area contributed by atoms with Crippen molar-refractivity contribution >= 4 is 3.21 Å². The summed E-state index contributed by atoms with van der Waals surface area (Å²) in [4.78, 5) is 0. The molecule has 0 N–H and O–H groups in total. The quantitative estimate of drug-likeness (QED) is 0.423. The number of rotatable bonds is 6. The molecule has 0 heterocycles. The molecule has 0 aromatic heterocycles. The summed E-state index contributed by atoms with van der Waals surface area (Å²) in [6.07, 6.45) is 11.1. The largest absolute Gasteiger partial charge is 1.00 e. The average molecular weight is 659 g/mol. The van der Waals surface area contributed by atoms with Crippen LogP contribution in [0.4, 0.5) is 0 Å². The number of aryl methyl sites for hydroxylation is 2. The molecule has 2 aliphatic rings. The Morgan fingerprint density at radius 2 is 1.18 bits per heavy atom. The Morgan fingerprint density at radius 3 is 1.50 bits per heavy atom. The van der Waals surface area contributed by atoms with E-state index in [2.05, 4.69) is 126 Å². The smallest absolute Gasteiger partial charge is 1.00 e. The number of benzene rings is 2. The van der Waals surface area contributed by atoms with Crippen LogP contribution in [-0.2, 0) is 32.1 Å². The normalized spacial score (nSPS) is 14.4. The molecule has 3 heteroatoms. The fourth-order valence-corrected chi connectivity index (χ4v) is 17.4. The Balaban J connectivity index is 0.00000280. The number of halogens is 2. The first-order valence-corrected chi connectivity index (χ1v) is 18.9. The fourth-order valence-electron chi connectivity index (χ4n) is 7.05. The molecule has 0 radical (unpaired) electrons. The van der Waals surface area contributed by atoms with Crippen LogP contribution < -0.4 is 24.8 Å². The minimum absolute atomic E-state index is 0. The van der Waals surface area contributed by atoms with Crippen molar-refractivity contribution in [2.45, 2.75) is 117 Å². The first-order valence-electron chi connectivity index (χ1n) is 15.0. The van der Waals surface area contributed by atoms with Gasteiger partial charge in [0.1, 0.15) is 0 Å². The Labute approximate surface area is 266 Å². The van der Waals surface area contributed by atoms with Gasteiger partial charge < -0.3 is 24.8 Å². The first-order chi connectivity index (χ1) is 17.6. The van der Waals surface area contributed by atoms with Gasteiger partial charge in [0.05, 0.1) is 0 Å². The maximum Gasteiger partial charge on any atom is -1.00 e. The van der Waals surface area contributed by atoms with Gasteiger partial charge in [-0.25, -0.2) is 0 Å². The Morgan fingerprint density at radius 1 is 0.750 bits per heavy atom. The molecule has 0 fully saturated rings. The van der Waals surface area contributed by atoms with Gasteiger partial charge in [0, 0.05) is 0 Å². The molecule has 0 spiro atoms. The molecule has 4 rings (SSSR count). The van der Waals surface area contributed by atoms with Crippen molar-refractivity contribution in [2.75, 3.05) is 0 Å². The van der Waals surface area contributed by atoms with Crippen LogP contribution in [0.3, 0.4) is 0 Å². The third kappa shape index (κ3) is 7.24. The van der Waals surface area contributed by atoms with Gasteiger partial charge in [-0.2, -0.15) is 0 Å². The molecule has 2 aromatic carbocycles. The van der Waals surface area contributed by atoms with Gasteiger partial charge in [0.2, 0.25) is 0 Å². The van der Waals surface area contributed by atoms with E-state index in [1.54, 1.807) is 11.1 Å². The van der Waals surface area contributed by atoms with E-state index >= 15 is 0 Å². The summed E-state index contributed by atoms with van der Waals surface area (Å²) in [5, 5.41) is 0. The van der Waals surface area contributed by atoms with Crippen molar-refractivity contribution in [1.29, 1.82) is 0 Å². The molecule has 218 valence electrons. The monoisotopic (exact) mass is 656 g/mol. The second-order valence-electron chi connectivity index (χ2n) is 15.0. The zero-order chi connectivity index (χ0) is 28.2. The predicted octanol–water partition coefficient (Wildman–Crippen LogP) is 4.70. The van der Waals surface area contributed by atoms with Crippen LogP contribution in [0, 0.1) is 25.7 Å². The number of allylic oxidation sites excluding steroid dienone is 4. The molecule has 0 saturated carbocycles. The second kappa shape index (κ2) is 13.3. The van der Waals surface area contributed by atoms with E-state index in [1.807, 2.05) is 6.49 Å². The molecular formula is C37H52Cl2Zr. The van der Waals surface area contributed by atoms with Gasteiger partial charge >= 0.3 is 243 Å². The standard InChI is InChI=1S/C23H29.C9H18.C5H5.2ClH.Zr/c1-14-9-16-11-17-10-15(2)21(23(6,7)8)13-19(17)18(16)12-20(14)22(3,4)5;1-8(2)6-5-7-9(3)4;1-2-4-5-3-1;;;/h9-13H,1-8H3;8-9H,6-7H2,1-4H3;1-3H,4H2;2*1H;/q;;;;;+2/p-2. The Bertz CT molecular complexity index is 1240. The second-order valence-corrected chi connectivity index (χ2v) is 21.7. The molecule has 0 aliphatic heterocycles. The summed E-state index contributed by atoms with van der Waals surface area (Å²) in [6, 6.07) is 10.4. The van der Waals surface area contributed by atoms with Gasteiger partial charge in [-0.1, -0.05) is 0 Å². The zero-order valence-corrected chi connectivity index (χ0v) is 31.1. The Kier molecular flexibility index (Phi) is 11.8. The third-order valence-corrected chi connectivity index (χ3v) is 16.9. The third-order valence-electron chi connectivity index (χ3n) is 8.42. The van der Waals surface area contributed by atoms with E-state index in [1.165, 1.54) is 52.6 Å². The molecular weight excluding hydrogens is 607 g/mol. The van der Waals surface area contributed by atoms with Gasteiger partial charge in [0.25, 0.3) is 0 Å². The van der Waals surface area contributed by atoms with Gasteiger partial charge in [-0.15, -0.1) is 0 Å². The summed E-state index contributed by atoms with van der Waals surface area (Å²) < 4.78 is 4.34. The predicted molar refractivity (Wildman–Crippen MR) is 166 cm³/mol. The topological polar surface area (TPSA) is 0 Å². The first kappa shape index (κ1) is 35.4. The zero-order valence-electron chi connectivity index (χ0n) is 27.2. The van der Waals surface area contributed by atoms with E-state index in [0.29, 0.717) is 15.5 Å². The van der Waals surface area contributed by atoms with Crippen molar-refractivity contribution in [3.8, 4) is 11.1 Å². The molecule has 0 saturated heterocycles. The number of hydrogen-bond acceptors (Lipinski definition) is 0. The number of fused-ring (bicyclic) bond motifs is 3. The van der Waals surface area contributed by atoms with Gasteiger partial charge in [-0.3, -0.25) is 0 Å². The molecule has 0 nitrogen and oxygen atoms in total. The van der Waals surface area contributed by atoms with Gasteiger partial charge in [0.15, 0.2) is 0 Å². The van der Waals surface area contributed by atoms with E-state index in [4.69, 9.17) is 0 Å². The van der Waals surface area contributed by atoms with E-state index < -0.39 is 21.3 Å². The molecule has 2 aromatic rings. The van der Waals surface area contributed by atoms with Crippen molar-refractivity contribution in [1.82, 2.24) is 0 Å². The Hall–Kier alpha value is -0.747. The van der Waals surface area contributed by atoms with Crippen LogP contribution in [0.15, 0.2) is 45.8 Å². The van der Waals surface area contributed by atoms with E-state index in [-0.39, 0.29) is 35.6 Å². The number of hydrogen-bond donors (Lipinski definition) is 0. The molecule has 0 unspecified atom stereocenters. The average Bonchev–Trinajstić information content (AvgIpc) is 3.38. The van der Waals surface area contributed by atoms with Crippen LogP contribution in [0.5, 0.6) is 0 Å². The summed E-state index contributed by atoms with van der Waals surface area (Å²) in [6.45, 7) is 28.7. The maximum absolute atomic E-state index is 2.62. The summed E-state index contributed by atoms with van der Waals surface area (Å²) >= 11 is -2.29. The van der Waals surface area contributed by atoms with Crippen LogP contribution in [0.2, 0.25) is 0 Å². The van der Waals surface area contributed by atoms with E-state index in [0.717, 1.165) is 0 Å². The minimum atomic E-state index is -2.29. The van der Waals surface area contributed by atoms with Gasteiger partial charge in [-0.05, 0) is 0 Å². The van der Waals surface area contributed by atoms with Crippen molar-refractivity contribution in [2.24, 2.45) is 11.8 Å². The molecule has 0 amide bonds. The van der Waals surface area contributed by atoms with Crippen LogP contribution in [0.1, 0.15) is 126 Å². The van der Waals surface area contributed by atoms with Crippen molar-refractivity contribution in [3.05, 3.63) is 79.2 Å². The molecule has 0 atom stereocenters. The van der Waals surface area contributed by atoms with Crippen LogP contribution in [0.25, 0.3) is 11.1 Å². The van der Waals surface area contributed by atoms with E-state index in [9.17, 15) is 0 Å². The molecule has 0 bridgehead atoms. The summed E-state index contributed by atoms with van der Waals surface area (Å²) in [7, 11) is 0. The van der Waals surface area contributed by atoms with Crippen molar-refractivity contribution < 1.29 is 46.1 Å². The van der Waals surface area contributed by atoms with Crippen molar-refractivity contribution in [3.63, 3.8) is 0 Å². The minimum Gasteiger partial charge on any atom is -1.00 e. The fraction of sp³-hybridized carbons (Fsp3) is 0.541. The summed E-state index contributed by atoms with van der Waals surface area (Å²) in [5.41, 5.74) is 12.6.